The van der Waals surface area contributed by atoms with Gasteiger partial charge in [-0.05, 0) is 143 Å². The fourth-order valence-electron chi connectivity index (χ4n) is 7.45. The van der Waals surface area contributed by atoms with Crippen LogP contribution in [0.5, 0.6) is 0 Å². The Kier molecular flexibility index (Phi) is 118. The van der Waals surface area contributed by atoms with Crippen molar-refractivity contribution in [3.63, 3.8) is 0 Å². The van der Waals surface area contributed by atoms with Crippen LogP contribution in [-0.2, 0) is 32.1 Å². The summed E-state index contributed by atoms with van der Waals surface area (Å²) < 4.78 is 5.14. The molecule has 2 rings (SSSR count). The zero-order chi connectivity index (χ0) is 85.1. The first-order valence-electron chi connectivity index (χ1n) is 44.0. The summed E-state index contributed by atoms with van der Waals surface area (Å²) >= 11 is 0. The monoisotopic (exact) mass is 1490 g/mol. The van der Waals surface area contributed by atoms with Gasteiger partial charge in [0, 0.05) is 19.3 Å². The molecule has 0 saturated heterocycles. The maximum atomic E-state index is 11.3. The number of rotatable bonds is 32. The van der Waals surface area contributed by atoms with Gasteiger partial charge < -0.3 is 15.6 Å². The highest BCUT2D eigenvalue weighted by molar-refractivity contribution is 5.73. The van der Waals surface area contributed by atoms with Crippen LogP contribution in [0.1, 0.15) is 450 Å². The molecule has 0 fully saturated rings. The van der Waals surface area contributed by atoms with Gasteiger partial charge in [0.2, 0.25) is 5.91 Å². The van der Waals surface area contributed by atoms with Crippen molar-refractivity contribution in [2.75, 3.05) is 0 Å². The van der Waals surface area contributed by atoms with Crippen LogP contribution >= 0.6 is 0 Å². The fourth-order valence-corrected chi connectivity index (χ4v) is 7.45. The Morgan fingerprint density at radius 3 is 0.819 bits per heavy atom. The van der Waals surface area contributed by atoms with Gasteiger partial charge in [0.1, 0.15) is 6.61 Å². The van der Waals surface area contributed by atoms with Crippen molar-refractivity contribution in [1.29, 1.82) is 0 Å². The molecule has 636 valence electrons. The normalized spacial score (nSPS) is 10.4. The zero-order valence-electron chi connectivity index (χ0n) is 80.3. The summed E-state index contributed by atoms with van der Waals surface area (Å²) in [6.45, 7) is 93.6. The minimum Gasteiger partial charge on any atom is -0.481 e. The molecule has 0 radical (unpaired) electrons. The SMILES string of the molecule is CC(C)C.CC(C)C(C)(C)C.CC(C)C(C)C.CC(C)CC(C)C.CC(C)CCC(=O)O.CC(C)CCC(=O)OCc1ccccc1.CC(C)CCC(N)=O.CC(C)Cc1ccccc1.CCC(C)C.CCCC(C)C.CCCC(C)C.CCCCC(C)C.CCCCC(C)C.CCCCCCC(C)C. The number of carbonyl (C=O) groups is 3. The van der Waals surface area contributed by atoms with E-state index in [9.17, 15) is 14.4 Å². The Labute approximate surface area is 667 Å². The van der Waals surface area contributed by atoms with Gasteiger partial charge >= 0.3 is 11.9 Å². The molecule has 0 aromatic heterocycles. The van der Waals surface area contributed by atoms with Crippen molar-refractivity contribution in [3.8, 4) is 0 Å². The number of carbonyl (C=O) groups excluding carboxylic acids is 2. The molecule has 0 saturated carbocycles. The smallest absolute Gasteiger partial charge is 0.306 e. The third-order valence-corrected chi connectivity index (χ3v) is 16.0. The van der Waals surface area contributed by atoms with Crippen molar-refractivity contribution in [3.05, 3.63) is 71.8 Å². The number of carboxylic acid groups (broad SMARTS) is 1. The molecule has 2 aromatic carbocycles. The lowest BCUT2D eigenvalue weighted by Gasteiger charge is -2.22. The molecule has 1 amide bonds. The lowest BCUT2D eigenvalue weighted by atomic mass is 9.84. The summed E-state index contributed by atoms with van der Waals surface area (Å²) in [5.74, 6) is 11.9. The van der Waals surface area contributed by atoms with Gasteiger partial charge in [-0.25, -0.2) is 0 Å². The summed E-state index contributed by atoms with van der Waals surface area (Å²) in [4.78, 5) is 31.3. The second-order valence-corrected chi connectivity index (χ2v) is 37.1. The second-order valence-electron chi connectivity index (χ2n) is 37.1. The van der Waals surface area contributed by atoms with Crippen LogP contribution in [0.4, 0.5) is 0 Å². The van der Waals surface area contributed by atoms with Gasteiger partial charge in [-0.1, -0.05) is 454 Å². The van der Waals surface area contributed by atoms with E-state index < -0.39 is 5.97 Å². The highest BCUT2D eigenvalue weighted by Crippen LogP contribution is 2.24. The van der Waals surface area contributed by atoms with Gasteiger partial charge in [0.05, 0.1) is 0 Å². The molecule has 2 aromatic rings. The molecule has 0 aliphatic carbocycles. The zero-order valence-corrected chi connectivity index (χ0v) is 80.3. The standard InChI is InChI=1S/C13H18O2.C10H14.C9H20.4C7H16.C6H13NO.C6H12O2.3C6H14.C5H12.C4H10/c1-11(2)8-9-13(14)15-10-12-6-4-3-5-7-12;1-9(2)8-10-6-4-3-5-7-10;1-4-5-6-7-8-9(2)3;1-6(2)7(3,4)5;1-6(2)5-7(3)4;2*1-4-5-6-7(2)3;2*1-5(2)3-4-6(7)8;1-5(2)6(3)4;2*1-4-5-6(2)3;1-4-5(2)3;1-4(2)3/h3-7,11H,8-10H2,1-2H3;3-7,9H,8H2,1-2H3;9H,4-8H2,1-3H3;6H,1-5H3;6-7H,5H2,1-4H3;2*7H,4-6H2,1-3H3;5H,3-4H2,1-2H3,(H2,7,8);5H,3-4H2,1-2H3,(H,7,8);5-6H,1-4H3;2*6H,4-5H2,1-3H3;5H,4H2,1-3H3;4H,1-3H3. The van der Waals surface area contributed by atoms with E-state index in [0.717, 1.165) is 102 Å². The topological polar surface area (TPSA) is 107 Å². The van der Waals surface area contributed by atoms with Crippen LogP contribution in [0.2, 0.25) is 0 Å². The number of nitrogens with two attached hydrogens (primary N) is 1. The number of esters is 1. The Hall–Kier alpha value is -3.15. The van der Waals surface area contributed by atoms with Crippen LogP contribution < -0.4 is 5.73 Å². The first-order valence-corrected chi connectivity index (χ1v) is 44.0. The van der Waals surface area contributed by atoms with Crippen LogP contribution in [0.25, 0.3) is 0 Å². The molecular weight excluding hydrogens is 1280 g/mol. The van der Waals surface area contributed by atoms with Crippen molar-refractivity contribution in [2.24, 2.45) is 106 Å². The molecule has 0 unspecified atom stereocenters. The highest BCUT2D eigenvalue weighted by Gasteiger charge is 2.14. The van der Waals surface area contributed by atoms with Crippen molar-refractivity contribution >= 4 is 17.8 Å². The minimum absolute atomic E-state index is 0.104. The average Bonchev–Trinajstić information content (AvgIpc) is 1.43. The van der Waals surface area contributed by atoms with Crippen molar-refractivity contribution in [2.45, 2.75) is 452 Å². The van der Waals surface area contributed by atoms with Gasteiger partial charge in [0.25, 0.3) is 0 Å². The van der Waals surface area contributed by atoms with E-state index in [2.05, 4.69) is 307 Å². The Morgan fingerprint density at radius 1 is 0.352 bits per heavy atom. The maximum Gasteiger partial charge on any atom is 0.306 e. The Bertz CT molecular complexity index is 1790. The van der Waals surface area contributed by atoms with E-state index in [4.69, 9.17) is 15.6 Å². The number of ether oxygens (including phenoxy) is 1. The number of aliphatic carboxylic acids is 1. The lowest BCUT2D eigenvalue weighted by Crippen LogP contribution is -2.12. The number of amides is 1. The van der Waals surface area contributed by atoms with Gasteiger partial charge in [-0.2, -0.15) is 0 Å². The molecular formula is C99H205NO5. The summed E-state index contributed by atoms with van der Waals surface area (Å²) in [5.41, 5.74) is 7.88. The van der Waals surface area contributed by atoms with E-state index in [-0.39, 0.29) is 11.9 Å². The number of primary amides is 1. The second kappa shape index (κ2) is 96.9. The molecule has 6 heteroatoms. The Morgan fingerprint density at radius 2 is 0.638 bits per heavy atom. The number of carboxylic acids is 1. The molecule has 6 nitrogen and oxygen atoms in total. The average molecular weight is 1490 g/mol. The van der Waals surface area contributed by atoms with Crippen molar-refractivity contribution < 1.29 is 24.2 Å². The maximum absolute atomic E-state index is 11.3. The number of unbranched alkanes of at least 4 members (excludes halogenated alkanes) is 5. The number of benzene rings is 2. The quantitative estimate of drug-likeness (QED) is 0.0561. The predicted octanol–water partition coefficient (Wildman–Crippen LogP) is 34.0. The predicted molar refractivity (Wildman–Crippen MR) is 486 cm³/mol. The fraction of sp³-hybridized carbons (Fsp3) is 0.848. The van der Waals surface area contributed by atoms with E-state index in [1.807, 2.05) is 44.2 Å². The van der Waals surface area contributed by atoms with Crippen LogP contribution in [-0.4, -0.2) is 23.0 Å². The summed E-state index contributed by atoms with van der Waals surface area (Å²) in [7, 11) is 0. The number of hydrogen-bond donors (Lipinski definition) is 2. The van der Waals surface area contributed by atoms with Gasteiger partial charge in [0.15, 0.2) is 0 Å². The molecule has 0 spiro atoms. The van der Waals surface area contributed by atoms with Crippen LogP contribution in [0.15, 0.2) is 60.7 Å². The summed E-state index contributed by atoms with van der Waals surface area (Å²) in [6.07, 6.45) is 28.6. The lowest BCUT2D eigenvalue weighted by molar-refractivity contribution is -0.145. The van der Waals surface area contributed by atoms with E-state index in [1.165, 1.54) is 121 Å². The molecule has 0 aliphatic heterocycles. The largest absolute Gasteiger partial charge is 0.481 e. The Balaban J connectivity index is -0.0000000898. The van der Waals surface area contributed by atoms with Crippen molar-refractivity contribution in [1.82, 2.24) is 0 Å². The first-order chi connectivity index (χ1) is 48.3. The van der Waals surface area contributed by atoms with Crippen LogP contribution in [0.3, 0.4) is 0 Å². The van der Waals surface area contributed by atoms with E-state index in [0.29, 0.717) is 49.0 Å². The molecule has 0 heterocycles. The molecule has 0 bridgehead atoms. The molecule has 105 heavy (non-hydrogen) atoms. The van der Waals surface area contributed by atoms with Crippen LogP contribution in [0, 0.1) is 100 Å². The third kappa shape index (κ3) is 186. The third-order valence-electron chi connectivity index (χ3n) is 16.0. The molecule has 3 N–H and O–H groups in total. The molecule has 0 atom stereocenters. The highest BCUT2D eigenvalue weighted by atomic mass is 16.5. The van der Waals surface area contributed by atoms with Gasteiger partial charge in [-0.15, -0.1) is 0 Å². The first kappa shape index (κ1) is 128. The summed E-state index contributed by atoms with van der Waals surface area (Å²) in [6, 6.07) is 20.4. The molecule has 0 aliphatic rings. The van der Waals surface area contributed by atoms with Gasteiger partial charge in [-0.3, -0.25) is 14.4 Å². The number of hydrogen-bond acceptors (Lipinski definition) is 4. The van der Waals surface area contributed by atoms with E-state index in [1.54, 1.807) is 0 Å². The summed E-state index contributed by atoms with van der Waals surface area (Å²) in [5, 5.41) is 8.16. The minimum atomic E-state index is -0.696. The van der Waals surface area contributed by atoms with E-state index >= 15 is 0 Å².